The normalized spacial score (nSPS) is 22.8. The number of carbonyl (C=O) groups is 1. The van der Waals surface area contributed by atoms with Gasteiger partial charge in [-0.1, -0.05) is 17.7 Å². The van der Waals surface area contributed by atoms with Gasteiger partial charge in [-0.25, -0.2) is 12.8 Å². The van der Waals surface area contributed by atoms with Crippen LogP contribution in [0.15, 0.2) is 18.2 Å². The van der Waals surface area contributed by atoms with Crippen molar-refractivity contribution in [2.75, 3.05) is 25.6 Å². The van der Waals surface area contributed by atoms with Crippen LogP contribution in [0.2, 0.25) is 5.02 Å². The van der Waals surface area contributed by atoms with Gasteiger partial charge in [-0.05, 0) is 37.6 Å². The van der Waals surface area contributed by atoms with E-state index in [2.05, 4.69) is 5.32 Å². The van der Waals surface area contributed by atoms with Crippen LogP contribution in [0.1, 0.15) is 24.4 Å². The molecule has 3 atom stereocenters. The fraction of sp³-hybridized carbons (Fsp3) is 0.562. The molecule has 1 aliphatic rings. The molecule has 0 aliphatic carbocycles. The van der Waals surface area contributed by atoms with E-state index in [0.717, 1.165) is 18.4 Å². The van der Waals surface area contributed by atoms with E-state index in [1.54, 1.807) is 6.07 Å². The van der Waals surface area contributed by atoms with Gasteiger partial charge in [-0.15, -0.1) is 0 Å². The Kier molecular flexibility index (Phi) is 6.42. The van der Waals surface area contributed by atoms with E-state index in [4.69, 9.17) is 17.3 Å². The molecule has 25 heavy (non-hydrogen) atoms. The van der Waals surface area contributed by atoms with Crippen LogP contribution in [0, 0.1) is 5.82 Å². The maximum absolute atomic E-state index is 13.8. The maximum Gasteiger partial charge on any atom is 0.237 e. The maximum atomic E-state index is 13.8. The third kappa shape index (κ3) is 5.37. The molecule has 3 unspecified atom stereocenters. The summed E-state index contributed by atoms with van der Waals surface area (Å²) in [5, 5.41) is 2.92. The molecule has 140 valence electrons. The predicted octanol–water partition coefficient (Wildman–Crippen LogP) is 1.10. The number of nitrogens with zero attached hydrogens (tertiary/aromatic N) is 1. The van der Waals surface area contributed by atoms with Gasteiger partial charge in [0, 0.05) is 18.8 Å². The van der Waals surface area contributed by atoms with Gasteiger partial charge >= 0.3 is 0 Å². The highest BCUT2D eigenvalue weighted by molar-refractivity contribution is 7.90. The Morgan fingerprint density at radius 2 is 2.20 bits per heavy atom. The molecular formula is C16H23ClFN3O3S. The summed E-state index contributed by atoms with van der Waals surface area (Å²) in [5.74, 6) is -1.05. The third-order valence-corrected chi connectivity index (χ3v) is 5.68. The van der Waals surface area contributed by atoms with E-state index >= 15 is 0 Å². The van der Waals surface area contributed by atoms with Gasteiger partial charge in [-0.3, -0.25) is 9.69 Å². The van der Waals surface area contributed by atoms with E-state index in [0.29, 0.717) is 6.42 Å². The van der Waals surface area contributed by atoms with Gasteiger partial charge in [0.2, 0.25) is 5.91 Å². The third-order valence-electron chi connectivity index (χ3n) is 4.40. The second-order valence-electron chi connectivity index (χ2n) is 6.53. The first-order chi connectivity index (χ1) is 11.6. The van der Waals surface area contributed by atoms with Crippen molar-refractivity contribution < 1.29 is 17.6 Å². The molecule has 1 fully saturated rings. The van der Waals surface area contributed by atoms with Crippen LogP contribution in [-0.4, -0.2) is 56.9 Å². The zero-order valence-corrected chi connectivity index (χ0v) is 15.8. The Morgan fingerprint density at radius 3 is 2.80 bits per heavy atom. The van der Waals surface area contributed by atoms with Crippen molar-refractivity contribution in [1.29, 1.82) is 0 Å². The molecule has 0 saturated carbocycles. The lowest BCUT2D eigenvalue weighted by molar-refractivity contribution is -0.123. The van der Waals surface area contributed by atoms with Crippen LogP contribution in [0.4, 0.5) is 4.39 Å². The fourth-order valence-electron chi connectivity index (χ4n) is 3.04. The van der Waals surface area contributed by atoms with Crippen molar-refractivity contribution in [3.8, 4) is 0 Å². The van der Waals surface area contributed by atoms with E-state index in [1.807, 2.05) is 11.9 Å². The summed E-state index contributed by atoms with van der Waals surface area (Å²) in [6, 6.07) is 3.27. The molecular weight excluding hydrogens is 369 g/mol. The lowest BCUT2D eigenvalue weighted by Crippen LogP contribution is -2.47. The van der Waals surface area contributed by atoms with Crippen molar-refractivity contribution in [3.63, 3.8) is 0 Å². The Morgan fingerprint density at radius 1 is 1.52 bits per heavy atom. The van der Waals surface area contributed by atoms with Crippen molar-refractivity contribution in [3.05, 3.63) is 34.6 Å². The van der Waals surface area contributed by atoms with Crippen molar-refractivity contribution in [1.82, 2.24) is 10.2 Å². The number of amides is 1. The molecule has 1 aromatic carbocycles. The van der Waals surface area contributed by atoms with Gasteiger partial charge < -0.3 is 11.1 Å². The molecule has 1 aliphatic heterocycles. The first-order valence-electron chi connectivity index (χ1n) is 7.97. The molecule has 1 saturated heterocycles. The lowest BCUT2D eigenvalue weighted by atomic mass is 9.99. The first-order valence-corrected chi connectivity index (χ1v) is 10.4. The molecule has 1 heterocycles. The summed E-state index contributed by atoms with van der Waals surface area (Å²) < 4.78 is 36.2. The molecule has 0 bridgehead atoms. The Balaban J connectivity index is 2.07. The van der Waals surface area contributed by atoms with Crippen LogP contribution in [0.3, 0.4) is 0 Å². The minimum absolute atomic E-state index is 0.0489. The number of carbonyl (C=O) groups excluding carboxylic acids is 1. The minimum atomic E-state index is -3.17. The van der Waals surface area contributed by atoms with Crippen molar-refractivity contribution >= 4 is 27.3 Å². The number of sulfone groups is 1. The van der Waals surface area contributed by atoms with Gasteiger partial charge in [0.15, 0.2) is 0 Å². The Labute approximate surface area is 152 Å². The SMILES string of the molecule is CN1CCC(NC(=O)C(N)CCS(C)(=O)=O)C1c1ccc(Cl)c(F)c1. The minimum Gasteiger partial charge on any atom is -0.350 e. The second-order valence-corrected chi connectivity index (χ2v) is 9.19. The molecule has 1 aromatic rings. The number of halogens is 2. The molecule has 6 nitrogen and oxygen atoms in total. The second kappa shape index (κ2) is 7.99. The summed E-state index contributed by atoms with van der Waals surface area (Å²) in [7, 11) is -1.28. The number of hydrogen-bond donors (Lipinski definition) is 2. The molecule has 9 heteroatoms. The number of rotatable bonds is 6. The number of nitrogens with one attached hydrogen (secondary N) is 1. The molecule has 3 N–H and O–H groups in total. The summed E-state index contributed by atoms with van der Waals surface area (Å²) >= 11 is 5.73. The van der Waals surface area contributed by atoms with E-state index in [9.17, 15) is 17.6 Å². The van der Waals surface area contributed by atoms with E-state index in [-0.39, 0.29) is 29.3 Å². The van der Waals surface area contributed by atoms with E-state index in [1.165, 1.54) is 12.1 Å². The van der Waals surface area contributed by atoms with Gasteiger partial charge in [0.1, 0.15) is 15.7 Å². The monoisotopic (exact) mass is 391 g/mol. The van der Waals surface area contributed by atoms with Crippen molar-refractivity contribution in [2.24, 2.45) is 5.73 Å². The highest BCUT2D eigenvalue weighted by Crippen LogP contribution is 2.32. The standard InChI is InChI=1S/C16H23ClFN3O3S/c1-21-7-5-14(15(21)10-3-4-11(17)12(18)9-10)20-16(22)13(19)6-8-25(2,23)24/h3-4,9,13-15H,5-8,19H2,1-2H3,(H,20,22). The molecule has 2 rings (SSSR count). The molecule has 0 aromatic heterocycles. The average Bonchev–Trinajstić information content (AvgIpc) is 2.87. The van der Waals surface area contributed by atoms with Crippen LogP contribution in [-0.2, 0) is 14.6 Å². The van der Waals surface area contributed by atoms with E-state index < -0.39 is 27.6 Å². The largest absolute Gasteiger partial charge is 0.350 e. The van der Waals surface area contributed by atoms with Crippen LogP contribution in [0.5, 0.6) is 0 Å². The highest BCUT2D eigenvalue weighted by Gasteiger charge is 2.35. The summed E-state index contributed by atoms with van der Waals surface area (Å²) in [6.07, 6.45) is 1.86. The first kappa shape index (κ1) is 20.1. The average molecular weight is 392 g/mol. The summed E-state index contributed by atoms with van der Waals surface area (Å²) in [4.78, 5) is 14.3. The quantitative estimate of drug-likeness (QED) is 0.757. The lowest BCUT2D eigenvalue weighted by Gasteiger charge is -2.27. The van der Waals surface area contributed by atoms with Gasteiger partial charge in [0.25, 0.3) is 0 Å². The molecule has 1 amide bonds. The topological polar surface area (TPSA) is 92.5 Å². The number of nitrogens with two attached hydrogens (primary N) is 1. The molecule has 0 spiro atoms. The van der Waals surface area contributed by atoms with Gasteiger partial charge in [0.05, 0.1) is 22.9 Å². The number of hydrogen-bond acceptors (Lipinski definition) is 5. The van der Waals surface area contributed by atoms with Crippen LogP contribution in [0.25, 0.3) is 0 Å². The number of likely N-dealkylation sites (tertiary alicyclic amines) is 1. The molecule has 0 radical (unpaired) electrons. The smallest absolute Gasteiger partial charge is 0.237 e. The summed E-state index contributed by atoms with van der Waals surface area (Å²) in [5.41, 5.74) is 6.52. The number of benzene rings is 1. The van der Waals surface area contributed by atoms with Crippen molar-refractivity contribution in [2.45, 2.75) is 31.0 Å². The van der Waals surface area contributed by atoms with Crippen LogP contribution < -0.4 is 11.1 Å². The predicted molar refractivity (Wildman–Crippen MR) is 95.6 cm³/mol. The zero-order chi connectivity index (χ0) is 18.8. The Hall–Kier alpha value is -1.22. The highest BCUT2D eigenvalue weighted by atomic mass is 35.5. The fourth-order valence-corrected chi connectivity index (χ4v) is 3.84. The summed E-state index contributed by atoms with van der Waals surface area (Å²) in [6.45, 7) is 0.735. The van der Waals surface area contributed by atoms with Crippen LogP contribution >= 0.6 is 11.6 Å². The Bertz CT molecular complexity index is 744. The zero-order valence-electron chi connectivity index (χ0n) is 14.2. The number of likely N-dealkylation sites (N-methyl/N-ethyl adjacent to an activating group) is 1. The van der Waals surface area contributed by atoms with Gasteiger partial charge in [-0.2, -0.15) is 0 Å².